The number of nitrogens with one attached hydrogen (secondary N) is 1. The van der Waals surface area contributed by atoms with Gasteiger partial charge in [-0.1, -0.05) is 6.07 Å². The second-order valence-electron chi connectivity index (χ2n) is 3.25. The first-order valence-corrected chi connectivity index (χ1v) is 4.78. The minimum Gasteiger partial charge on any atom is -0.493 e. The van der Waals surface area contributed by atoms with Crippen molar-refractivity contribution in [3.8, 4) is 22.8 Å². The summed E-state index contributed by atoms with van der Waals surface area (Å²) in [6.45, 7) is 0. The van der Waals surface area contributed by atoms with Gasteiger partial charge in [-0.25, -0.2) is 0 Å². The number of rotatable bonds is 3. The van der Waals surface area contributed by atoms with Gasteiger partial charge in [0.05, 0.1) is 19.9 Å². The smallest absolute Gasteiger partial charge is 0.170 e. The summed E-state index contributed by atoms with van der Waals surface area (Å²) in [5.74, 6) is 1.78. The van der Waals surface area contributed by atoms with Crippen LogP contribution in [0.5, 0.6) is 11.5 Å². The average Bonchev–Trinajstić information content (AvgIpc) is 2.74. The van der Waals surface area contributed by atoms with Crippen molar-refractivity contribution in [3.63, 3.8) is 0 Å². The molecule has 2 aromatic rings. The molecule has 1 aromatic heterocycles. The van der Waals surface area contributed by atoms with Crippen LogP contribution in [0.4, 0.5) is 5.82 Å². The van der Waals surface area contributed by atoms with Crippen molar-refractivity contribution in [2.75, 3.05) is 20.0 Å². The zero-order chi connectivity index (χ0) is 11.5. The second kappa shape index (κ2) is 4.14. The highest BCUT2D eigenvalue weighted by atomic mass is 16.5. The Balaban J connectivity index is 2.56. The molecule has 0 saturated carbocycles. The first-order chi connectivity index (χ1) is 7.76. The van der Waals surface area contributed by atoms with E-state index in [1.54, 1.807) is 20.3 Å². The highest BCUT2D eigenvalue weighted by Gasteiger charge is 2.12. The van der Waals surface area contributed by atoms with Gasteiger partial charge in [0.1, 0.15) is 5.82 Å². The van der Waals surface area contributed by atoms with E-state index in [2.05, 4.69) is 10.2 Å². The molecular weight excluding hydrogens is 206 g/mol. The molecule has 3 N–H and O–H groups in total. The minimum absolute atomic E-state index is 0.444. The zero-order valence-corrected chi connectivity index (χ0v) is 9.15. The van der Waals surface area contributed by atoms with Crippen LogP contribution >= 0.6 is 0 Å². The van der Waals surface area contributed by atoms with E-state index < -0.39 is 0 Å². The van der Waals surface area contributed by atoms with Crippen LogP contribution in [0.15, 0.2) is 24.3 Å². The predicted octanol–water partition coefficient (Wildman–Crippen LogP) is 1.68. The van der Waals surface area contributed by atoms with Crippen LogP contribution in [0, 0.1) is 0 Å². The fourth-order valence-electron chi connectivity index (χ4n) is 1.57. The third-order valence-electron chi connectivity index (χ3n) is 2.29. The fourth-order valence-corrected chi connectivity index (χ4v) is 1.57. The third-order valence-corrected chi connectivity index (χ3v) is 2.29. The normalized spacial score (nSPS) is 10.1. The number of anilines is 1. The highest BCUT2D eigenvalue weighted by molar-refractivity contribution is 5.72. The van der Waals surface area contributed by atoms with Gasteiger partial charge in [0.2, 0.25) is 0 Å². The first kappa shape index (κ1) is 10.4. The minimum atomic E-state index is 0.444. The molecule has 0 bridgehead atoms. The standard InChI is InChI=1S/C11H13N3O2/c1-15-9-5-3-4-7(11(9)16-2)8-6-10(12)14-13-8/h3-6H,1-2H3,(H3,12,13,14). The van der Waals surface area contributed by atoms with E-state index in [0.717, 1.165) is 11.3 Å². The second-order valence-corrected chi connectivity index (χ2v) is 3.25. The molecule has 0 spiro atoms. The third kappa shape index (κ3) is 1.67. The van der Waals surface area contributed by atoms with E-state index in [4.69, 9.17) is 15.2 Å². The summed E-state index contributed by atoms with van der Waals surface area (Å²) in [5, 5.41) is 6.72. The Morgan fingerprint density at radius 3 is 2.62 bits per heavy atom. The van der Waals surface area contributed by atoms with Crippen molar-refractivity contribution in [2.45, 2.75) is 0 Å². The number of benzene rings is 1. The number of ether oxygens (including phenoxy) is 2. The van der Waals surface area contributed by atoms with E-state index in [1.165, 1.54) is 0 Å². The summed E-state index contributed by atoms with van der Waals surface area (Å²) >= 11 is 0. The van der Waals surface area contributed by atoms with Crippen LogP contribution in [0.3, 0.4) is 0 Å². The number of nitrogen functional groups attached to an aromatic ring is 1. The average molecular weight is 219 g/mol. The van der Waals surface area contributed by atoms with Gasteiger partial charge in [0.15, 0.2) is 11.5 Å². The molecule has 1 heterocycles. The highest BCUT2D eigenvalue weighted by Crippen LogP contribution is 2.37. The SMILES string of the molecule is COc1cccc(-c2cc(N)n[nH]2)c1OC. The van der Waals surface area contributed by atoms with Crippen molar-refractivity contribution in [3.05, 3.63) is 24.3 Å². The van der Waals surface area contributed by atoms with Crippen LogP contribution < -0.4 is 15.2 Å². The molecule has 0 fully saturated rings. The molecule has 0 saturated heterocycles. The molecule has 5 nitrogen and oxygen atoms in total. The zero-order valence-electron chi connectivity index (χ0n) is 9.15. The van der Waals surface area contributed by atoms with Crippen molar-refractivity contribution < 1.29 is 9.47 Å². The van der Waals surface area contributed by atoms with Gasteiger partial charge in [-0.15, -0.1) is 0 Å². The predicted molar refractivity (Wildman–Crippen MR) is 61.5 cm³/mol. The maximum absolute atomic E-state index is 5.56. The fraction of sp³-hybridized carbons (Fsp3) is 0.182. The van der Waals surface area contributed by atoms with Crippen LogP contribution in [0.1, 0.15) is 0 Å². The number of aromatic nitrogens is 2. The number of para-hydroxylation sites is 1. The molecule has 1 aromatic carbocycles. The lowest BCUT2D eigenvalue weighted by Gasteiger charge is -2.10. The Labute approximate surface area is 93.2 Å². The summed E-state index contributed by atoms with van der Waals surface area (Å²) in [7, 11) is 3.20. The largest absolute Gasteiger partial charge is 0.493 e. The Hall–Kier alpha value is -2.17. The summed E-state index contributed by atoms with van der Waals surface area (Å²) in [6, 6.07) is 7.38. The molecule has 0 atom stereocenters. The lowest BCUT2D eigenvalue weighted by atomic mass is 10.1. The van der Waals surface area contributed by atoms with Crippen LogP contribution in [0.25, 0.3) is 11.3 Å². The monoisotopic (exact) mass is 219 g/mol. The Kier molecular flexibility index (Phi) is 2.68. The summed E-state index contributed by atoms with van der Waals surface area (Å²) in [6.07, 6.45) is 0. The van der Waals surface area contributed by atoms with Crippen molar-refractivity contribution >= 4 is 5.82 Å². The first-order valence-electron chi connectivity index (χ1n) is 4.78. The van der Waals surface area contributed by atoms with Gasteiger partial charge in [0, 0.05) is 11.6 Å². The maximum atomic E-state index is 5.56. The number of aromatic amines is 1. The molecule has 0 radical (unpaired) electrons. The topological polar surface area (TPSA) is 73.2 Å². The van der Waals surface area contributed by atoms with Crippen LogP contribution in [0.2, 0.25) is 0 Å². The van der Waals surface area contributed by atoms with E-state index in [1.807, 2.05) is 18.2 Å². The van der Waals surface area contributed by atoms with E-state index >= 15 is 0 Å². The molecule has 0 aliphatic heterocycles. The molecular formula is C11H13N3O2. The number of methoxy groups -OCH3 is 2. The lowest BCUT2D eigenvalue weighted by Crippen LogP contribution is -1.93. The molecule has 16 heavy (non-hydrogen) atoms. The molecule has 0 aliphatic rings. The molecule has 0 unspecified atom stereocenters. The molecule has 0 aliphatic carbocycles. The molecule has 5 heteroatoms. The summed E-state index contributed by atoms with van der Waals surface area (Å²) in [5.41, 5.74) is 7.23. The van der Waals surface area contributed by atoms with Crippen molar-refractivity contribution in [2.24, 2.45) is 0 Å². The Morgan fingerprint density at radius 2 is 2.06 bits per heavy atom. The maximum Gasteiger partial charge on any atom is 0.170 e. The summed E-state index contributed by atoms with van der Waals surface area (Å²) < 4.78 is 10.5. The molecule has 0 amide bonds. The van der Waals surface area contributed by atoms with Gasteiger partial charge >= 0.3 is 0 Å². The van der Waals surface area contributed by atoms with Gasteiger partial charge in [0.25, 0.3) is 0 Å². The Bertz CT molecular complexity index is 494. The van der Waals surface area contributed by atoms with E-state index in [9.17, 15) is 0 Å². The molecule has 84 valence electrons. The summed E-state index contributed by atoms with van der Waals surface area (Å²) in [4.78, 5) is 0. The van der Waals surface area contributed by atoms with Crippen molar-refractivity contribution in [1.82, 2.24) is 10.2 Å². The quantitative estimate of drug-likeness (QED) is 0.823. The van der Waals surface area contributed by atoms with Crippen molar-refractivity contribution in [1.29, 1.82) is 0 Å². The van der Waals surface area contributed by atoms with Gasteiger partial charge in [-0.2, -0.15) is 5.10 Å². The molecule has 2 rings (SSSR count). The van der Waals surface area contributed by atoms with Gasteiger partial charge in [-0.05, 0) is 12.1 Å². The number of hydrogen-bond acceptors (Lipinski definition) is 4. The number of nitrogens with zero attached hydrogens (tertiary/aromatic N) is 1. The number of H-pyrrole nitrogens is 1. The lowest BCUT2D eigenvalue weighted by molar-refractivity contribution is 0.356. The van der Waals surface area contributed by atoms with Gasteiger partial charge in [-0.3, -0.25) is 5.10 Å². The Morgan fingerprint density at radius 1 is 1.25 bits per heavy atom. The number of nitrogens with two attached hydrogens (primary N) is 1. The van der Waals surface area contributed by atoms with Crippen LogP contribution in [-0.4, -0.2) is 24.4 Å². The van der Waals surface area contributed by atoms with Crippen LogP contribution in [-0.2, 0) is 0 Å². The van der Waals surface area contributed by atoms with Gasteiger partial charge < -0.3 is 15.2 Å². The number of hydrogen-bond donors (Lipinski definition) is 2. The van der Waals surface area contributed by atoms with E-state index in [-0.39, 0.29) is 0 Å². The van der Waals surface area contributed by atoms with E-state index in [0.29, 0.717) is 17.3 Å².